The maximum atomic E-state index is 12.3. The Labute approximate surface area is 137 Å². The Morgan fingerprint density at radius 2 is 2.26 bits per heavy atom. The van der Waals surface area contributed by atoms with Gasteiger partial charge in [-0.2, -0.15) is 0 Å². The zero-order valence-electron chi connectivity index (χ0n) is 13.9. The minimum Gasteiger partial charge on any atom is -0.454 e. The van der Waals surface area contributed by atoms with Gasteiger partial charge in [0.25, 0.3) is 0 Å². The van der Waals surface area contributed by atoms with Crippen molar-refractivity contribution in [3.8, 4) is 0 Å². The normalized spacial score (nSPS) is 29.7. The van der Waals surface area contributed by atoms with E-state index in [0.29, 0.717) is 31.6 Å². The molecule has 1 N–H and O–H groups in total. The number of fused-ring (bicyclic) bond motifs is 1. The Balaban J connectivity index is 2.10. The molecule has 0 bridgehead atoms. The van der Waals surface area contributed by atoms with Crippen molar-refractivity contribution < 1.29 is 19.1 Å². The highest BCUT2D eigenvalue weighted by Crippen LogP contribution is 2.34. The second-order valence-electron chi connectivity index (χ2n) is 6.07. The van der Waals surface area contributed by atoms with E-state index in [1.165, 1.54) is 5.57 Å². The molecule has 2 atom stereocenters. The zero-order valence-corrected chi connectivity index (χ0v) is 13.9. The van der Waals surface area contributed by atoms with Crippen molar-refractivity contribution in [2.45, 2.75) is 38.7 Å². The Morgan fingerprint density at radius 3 is 3.00 bits per heavy atom. The fourth-order valence-electron chi connectivity index (χ4n) is 2.96. The molecule has 0 unspecified atom stereocenters. The Morgan fingerprint density at radius 1 is 1.48 bits per heavy atom. The molecule has 0 aromatic carbocycles. The predicted molar refractivity (Wildman–Crippen MR) is 87.7 cm³/mol. The van der Waals surface area contributed by atoms with E-state index in [2.05, 4.69) is 11.9 Å². The number of ether oxygens (including phenoxy) is 2. The Bertz CT molecular complexity index is 547. The van der Waals surface area contributed by atoms with Gasteiger partial charge in [0.2, 0.25) is 5.91 Å². The molecule has 0 aromatic heterocycles. The van der Waals surface area contributed by atoms with Gasteiger partial charge in [-0.25, -0.2) is 4.79 Å². The van der Waals surface area contributed by atoms with Gasteiger partial charge in [0, 0.05) is 30.7 Å². The third-order valence-corrected chi connectivity index (χ3v) is 4.34. The van der Waals surface area contributed by atoms with Crippen LogP contribution in [0.4, 0.5) is 0 Å². The van der Waals surface area contributed by atoms with Crippen molar-refractivity contribution in [2.75, 3.05) is 20.3 Å². The molecule has 5 nitrogen and oxygen atoms in total. The summed E-state index contributed by atoms with van der Waals surface area (Å²) in [4.78, 5) is 24.1. The molecule has 1 aliphatic carbocycles. The number of hydrogen-bond donors (Lipinski definition) is 1. The number of carbonyl (C=O) groups excluding carboxylic acids is 2. The van der Waals surface area contributed by atoms with Crippen molar-refractivity contribution in [3.63, 3.8) is 0 Å². The van der Waals surface area contributed by atoms with Gasteiger partial charge in [0.05, 0.1) is 6.61 Å². The van der Waals surface area contributed by atoms with Crippen molar-refractivity contribution in [3.05, 3.63) is 35.5 Å². The highest BCUT2D eigenvalue weighted by Gasteiger charge is 2.37. The highest BCUT2D eigenvalue weighted by molar-refractivity contribution is 5.93. The summed E-state index contributed by atoms with van der Waals surface area (Å²) < 4.78 is 10.4. The van der Waals surface area contributed by atoms with E-state index in [1.54, 1.807) is 7.11 Å². The lowest BCUT2D eigenvalue weighted by atomic mass is 9.87. The second kappa shape index (κ2) is 8.11. The summed E-state index contributed by atoms with van der Waals surface area (Å²) in [5.74, 6) is -0.430. The van der Waals surface area contributed by atoms with Gasteiger partial charge >= 0.3 is 5.97 Å². The predicted octanol–water partition coefficient (Wildman–Crippen LogP) is 2.29. The number of hydrogen-bond acceptors (Lipinski definition) is 4. The molecule has 23 heavy (non-hydrogen) atoms. The number of nitrogens with one attached hydrogen (secondary N) is 1. The number of allylic oxidation sites excluding steroid dienone is 2. The molecule has 5 heteroatoms. The van der Waals surface area contributed by atoms with Gasteiger partial charge in [-0.05, 0) is 38.7 Å². The van der Waals surface area contributed by atoms with Crippen LogP contribution >= 0.6 is 0 Å². The SMILES string of the molecule is C=C1C(=O)O[C@@H]2/C=C(\C)CC/C=C(/C(=O)NCCOC)CC[C@@H]12. The standard InChI is InChI=1S/C18H25NO4/c1-12-5-4-6-14(17(20)19-9-10-22-3)7-8-15-13(2)18(21)23-16(15)11-12/h6,11,15-16H,2,4-5,7-10H2,1,3H3,(H,19,20)/b12-11+,14-6+/t15-,16+/m0/s1. The van der Waals surface area contributed by atoms with Crippen molar-refractivity contribution in [2.24, 2.45) is 5.92 Å². The van der Waals surface area contributed by atoms with Gasteiger partial charge in [-0.1, -0.05) is 18.2 Å². The van der Waals surface area contributed by atoms with E-state index in [1.807, 2.05) is 19.1 Å². The zero-order chi connectivity index (χ0) is 16.8. The van der Waals surface area contributed by atoms with E-state index in [4.69, 9.17) is 9.47 Å². The summed E-state index contributed by atoms with van der Waals surface area (Å²) in [6.07, 6.45) is 6.73. The number of carbonyl (C=O) groups is 2. The first-order valence-corrected chi connectivity index (χ1v) is 8.06. The summed E-state index contributed by atoms with van der Waals surface area (Å²) in [7, 11) is 1.60. The van der Waals surface area contributed by atoms with Crippen molar-refractivity contribution >= 4 is 11.9 Å². The number of methoxy groups -OCH3 is 1. The topological polar surface area (TPSA) is 64.6 Å². The molecule has 0 spiro atoms. The lowest BCUT2D eigenvalue weighted by Crippen LogP contribution is -2.29. The molecule has 0 aromatic rings. The summed E-state index contributed by atoms with van der Waals surface area (Å²) in [5, 5.41) is 2.86. The minimum absolute atomic E-state index is 0.0503. The van der Waals surface area contributed by atoms with Crippen LogP contribution in [-0.2, 0) is 19.1 Å². The maximum absolute atomic E-state index is 12.3. The summed E-state index contributed by atoms with van der Waals surface area (Å²) >= 11 is 0. The van der Waals surface area contributed by atoms with Crippen LogP contribution in [0.1, 0.15) is 32.6 Å². The molecule has 1 saturated heterocycles. The molecule has 1 heterocycles. The lowest BCUT2D eigenvalue weighted by molar-refractivity contribution is -0.137. The fourth-order valence-corrected chi connectivity index (χ4v) is 2.96. The fraction of sp³-hybridized carbons (Fsp3) is 0.556. The van der Waals surface area contributed by atoms with E-state index < -0.39 is 0 Å². The Hall–Kier alpha value is -1.88. The van der Waals surface area contributed by atoms with Crippen molar-refractivity contribution in [1.82, 2.24) is 5.32 Å². The molecule has 2 rings (SSSR count). The molecule has 1 aliphatic heterocycles. The van der Waals surface area contributed by atoms with Crippen LogP contribution in [0, 0.1) is 5.92 Å². The number of esters is 1. The van der Waals surface area contributed by atoms with Crippen LogP contribution in [0.25, 0.3) is 0 Å². The van der Waals surface area contributed by atoms with Crippen LogP contribution < -0.4 is 5.32 Å². The van der Waals surface area contributed by atoms with Gasteiger partial charge in [0.1, 0.15) is 6.10 Å². The number of amides is 1. The molecule has 0 radical (unpaired) electrons. The van der Waals surface area contributed by atoms with Gasteiger partial charge in [0.15, 0.2) is 0 Å². The van der Waals surface area contributed by atoms with Gasteiger partial charge < -0.3 is 14.8 Å². The van der Waals surface area contributed by atoms with Gasteiger partial charge in [-0.15, -0.1) is 0 Å². The molecule has 1 fully saturated rings. The first-order valence-electron chi connectivity index (χ1n) is 8.06. The van der Waals surface area contributed by atoms with Crippen molar-refractivity contribution in [1.29, 1.82) is 0 Å². The first-order chi connectivity index (χ1) is 11.0. The average molecular weight is 319 g/mol. The van der Waals surface area contributed by atoms with Crippen LogP contribution in [0.15, 0.2) is 35.5 Å². The third kappa shape index (κ3) is 4.55. The van der Waals surface area contributed by atoms with Crippen LogP contribution in [0.2, 0.25) is 0 Å². The monoisotopic (exact) mass is 319 g/mol. The van der Waals surface area contributed by atoms with Crippen LogP contribution in [0.5, 0.6) is 0 Å². The molecule has 0 saturated carbocycles. The minimum atomic E-state index is -0.321. The lowest BCUT2D eigenvalue weighted by Gasteiger charge is -2.18. The first kappa shape index (κ1) is 17.5. The van der Waals surface area contributed by atoms with E-state index in [0.717, 1.165) is 18.4 Å². The third-order valence-electron chi connectivity index (χ3n) is 4.34. The molecule has 126 valence electrons. The average Bonchev–Trinajstić information content (AvgIpc) is 2.77. The van der Waals surface area contributed by atoms with E-state index >= 15 is 0 Å². The molecule has 1 amide bonds. The molecular formula is C18H25NO4. The van der Waals surface area contributed by atoms with Crippen LogP contribution in [-0.4, -0.2) is 38.2 Å². The highest BCUT2D eigenvalue weighted by atomic mass is 16.5. The summed E-state index contributed by atoms with van der Waals surface area (Å²) in [6, 6.07) is 0. The van der Waals surface area contributed by atoms with Crippen LogP contribution in [0.3, 0.4) is 0 Å². The van der Waals surface area contributed by atoms with E-state index in [9.17, 15) is 9.59 Å². The molecule has 2 aliphatic rings. The summed E-state index contributed by atoms with van der Waals surface area (Å²) in [6.45, 7) is 6.87. The van der Waals surface area contributed by atoms with Gasteiger partial charge in [-0.3, -0.25) is 4.79 Å². The summed E-state index contributed by atoms with van der Waals surface area (Å²) in [5.41, 5.74) is 2.44. The smallest absolute Gasteiger partial charge is 0.334 e. The quantitative estimate of drug-likeness (QED) is 0.374. The Kier molecular flexibility index (Phi) is 6.16. The largest absolute Gasteiger partial charge is 0.454 e. The maximum Gasteiger partial charge on any atom is 0.334 e. The second-order valence-corrected chi connectivity index (χ2v) is 6.07. The number of rotatable bonds is 4. The van der Waals surface area contributed by atoms with E-state index in [-0.39, 0.29) is 23.9 Å². The molecular weight excluding hydrogens is 294 g/mol.